The normalized spacial score (nSPS) is 10.9. The topological polar surface area (TPSA) is 64.7 Å². The summed E-state index contributed by atoms with van der Waals surface area (Å²) in [5, 5.41) is 1.000. The Morgan fingerprint density at radius 1 is 0.792 bits per heavy atom. The van der Waals surface area contributed by atoms with Crippen molar-refractivity contribution in [2.45, 2.75) is 6.92 Å². The first-order chi connectivity index (χ1) is 11.7. The van der Waals surface area contributed by atoms with Crippen molar-refractivity contribution in [1.29, 1.82) is 0 Å². The number of para-hydroxylation sites is 1. The fraction of sp³-hybridized carbons (Fsp3) is 0.0500. The Bertz CT molecular complexity index is 1040. The Hall–Kier alpha value is -3.27. The highest BCUT2D eigenvalue weighted by molar-refractivity contribution is 5.93. The Labute approximate surface area is 140 Å². The zero-order valence-electron chi connectivity index (χ0n) is 13.3. The fourth-order valence-electron chi connectivity index (χ4n) is 2.76. The molecule has 0 spiro atoms. The van der Waals surface area contributed by atoms with E-state index in [1.165, 1.54) is 0 Å². The number of aromatic nitrogens is 3. The van der Waals surface area contributed by atoms with Gasteiger partial charge in [-0.2, -0.15) is 0 Å². The molecule has 116 valence electrons. The molecule has 4 heteroatoms. The minimum absolute atomic E-state index is 0.620. The summed E-state index contributed by atoms with van der Waals surface area (Å²) in [6.07, 6.45) is 0. The highest BCUT2D eigenvalue weighted by Gasteiger charge is 2.12. The average Bonchev–Trinajstić information content (AvgIpc) is 2.61. The van der Waals surface area contributed by atoms with Crippen LogP contribution in [0.3, 0.4) is 0 Å². The monoisotopic (exact) mass is 312 g/mol. The van der Waals surface area contributed by atoms with Crippen LogP contribution in [0.2, 0.25) is 0 Å². The van der Waals surface area contributed by atoms with Gasteiger partial charge < -0.3 is 5.73 Å². The lowest BCUT2D eigenvalue weighted by Gasteiger charge is -2.09. The molecule has 0 aliphatic carbocycles. The maximum absolute atomic E-state index is 5.95. The van der Waals surface area contributed by atoms with Gasteiger partial charge in [-0.05, 0) is 37.3 Å². The first kappa shape index (κ1) is 14.3. The summed E-state index contributed by atoms with van der Waals surface area (Å²) in [6, 6.07) is 21.6. The number of hydrogen-bond acceptors (Lipinski definition) is 4. The van der Waals surface area contributed by atoms with Crippen LogP contribution in [-0.4, -0.2) is 15.0 Å². The summed E-state index contributed by atoms with van der Waals surface area (Å²) in [7, 11) is 0. The second-order valence-corrected chi connectivity index (χ2v) is 5.70. The third-order valence-corrected chi connectivity index (χ3v) is 3.88. The molecule has 0 aliphatic heterocycles. The van der Waals surface area contributed by atoms with Gasteiger partial charge in [0, 0.05) is 22.3 Å². The fourth-order valence-corrected chi connectivity index (χ4v) is 2.76. The van der Waals surface area contributed by atoms with Crippen LogP contribution in [0.5, 0.6) is 0 Å². The Morgan fingerprint density at radius 2 is 1.62 bits per heavy atom. The second kappa shape index (κ2) is 5.74. The van der Waals surface area contributed by atoms with Gasteiger partial charge in [0.05, 0.1) is 11.2 Å². The Kier molecular flexibility index (Phi) is 3.43. The molecular weight excluding hydrogens is 296 g/mol. The van der Waals surface area contributed by atoms with Gasteiger partial charge in [0.15, 0.2) is 5.82 Å². The number of fused-ring (bicyclic) bond motifs is 1. The van der Waals surface area contributed by atoms with Crippen LogP contribution < -0.4 is 5.73 Å². The van der Waals surface area contributed by atoms with Gasteiger partial charge >= 0.3 is 0 Å². The predicted molar refractivity (Wildman–Crippen MR) is 97.4 cm³/mol. The number of hydrogen-bond donors (Lipinski definition) is 1. The number of pyridine rings is 1. The molecule has 4 rings (SSSR count). The maximum Gasteiger partial charge on any atom is 0.179 e. The maximum atomic E-state index is 5.95. The van der Waals surface area contributed by atoms with E-state index < -0.39 is 0 Å². The summed E-state index contributed by atoms with van der Waals surface area (Å²) in [6.45, 7) is 1.96. The van der Waals surface area contributed by atoms with E-state index in [-0.39, 0.29) is 0 Å². The van der Waals surface area contributed by atoms with Crippen LogP contribution in [0.4, 0.5) is 5.69 Å². The van der Waals surface area contributed by atoms with Crippen LogP contribution in [0.1, 0.15) is 5.69 Å². The molecule has 0 bridgehead atoms. The van der Waals surface area contributed by atoms with E-state index >= 15 is 0 Å². The molecular formula is C20H16N4. The van der Waals surface area contributed by atoms with Crippen LogP contribution >= 0.6 is 0 Å². The third kappa shape index (κ3) is 2.58. The van der Waals surface area contributed by atoms with Gasteiger partial charge in [0.2, 0.25) is 0 Å². The number of nitrogen functional groups attached to an aromatic ring is 1. The standard InChI is InChI=1S/C20H16N4/c1-13-6-4-11-18(22-13)20-23-17-10-3-2-9-16(17)19(24-20)14-7-5-8-15(21)12-14/h2-12H,21H2,1H3. The number of nitrogens with two attached hydrogens (primary N) is 1. The average molecular weight is 312 g/mol. The summed E-state index contributed by atoms with van der Waals surface area (Å²) < 4.78 is 0. The van der Waals surface area contributed by atoms with E-state index in [1.54, 1.807) is 0 Å². The molecule has 0 radical (unpaired) electrons. The summed E-state index contributed by atoms with van der Waals surface area (Å²) in [4.78, 5) is 14.0. The summed E-state index contributed by atoms with van der Waals surface area (Å²) in [5.41, 5.74) is 11.1. The first-order valence-electron chi connectivity index (χ1n) is 7.77. The first-order valence-corrected chi connectivity index (χ1v) is 7.77. The van der Waals surface area contributed by atoms with Gasteiger partial charge in [-0.1, -0.05) is 36.4 Å². The van der Waals surface area contributed by atoms with Gasteiger partial charge in [0.1, 0.15) is 5.69 Å². The van der Waals surface area contributed by atoms with E-state index in [0.717, 1.165) is 33.5 Å². The van der Waals surface area contributed by atoms with E-state index in [9.17, 15) is 0 Å². The number of aryl methyl sites for hydroxylation is 1. The summed E-state index contributed by atoms with van der Waals surface area (Å²) >= 11 is 0. The minimum Gasteiger partial charge on any atom is -0.399 e. The molecule has 2 heterocycles. The van der Waals surface area contributed by atoms with Crippen molar-refractivity contribution < 1.29 is 0 Å². The van der Waals surface area contributed by atoms with Gasteiger partial charge in [-0.3, -0.25) is 0 Å². The molecule has 24 heavy (non-hydrogen) atoms. The Morgan fingerprint density at radius 3 is 2.46 bits per heavy atom. The molecule has 2 N–H and O–H groups in total. The Balaban J connectivity index is 2.01. The van der Waals surface area contributed by atoms with Crippen molar-refractivity contribution in [2.24, 2.45) is 0 Å². The highest BCUT2D eigenvalue weighted by Crippen LogP contribution is 2.29. The van der Waals surface area contributed by atoms with Crippen molar-refractivity contribution in [3.05, 3.63) is 72.4 Å². The smallest absolute Gasteiger partial charge is 0.179 e. The van der Waals surface area contributed by atoms with Crippen LogP contribution in [0.15, 0.2) is 66.7 Å². The van der Waals surface area contributed by atoms with Gasteiger partial charge in [-0.25, -0.2) is 15.0 Å². The lowest BCUT2D eigenvalue weighted by molar-refractivity contribution is 1.14. The highest BCUT2D eigenvalue weighted by atomic mass is 14.9. The molecule has 0 saturated carbocycles. The van der Waals surface area contributed by atoms with Crippen molar-refractivity contribution >= 4 is 16.6 Å². The quantitative estimate of drug-likeness (QED) is 0.562. The van der Waals surface area contributed by atoms with E-state index in [1.807, 2.05) is 73.7 Å². The molecule has 0 unspecified atom stereocenters. The molecule has 4 nitrogen and oxygen atoms in total. The SMILES string of the molecule is Cc1cccc(-c2nc(-c3cccc(N)c3)c3ccccc3n2)n1. The largest absolute Gasteiger partial charge is 0.399 e. The molecule has 2 aromatic carbocycles. The van der Waals surface area contributed by atoms with Crippen molar-refractivity contribution in [3.8, 4) is 22.8 Å². The van der Waals surface area contributed by atoms with E-state index in [2.05, 4.69) is 4.98 Å². The van der Waals surface area contributed by atoms with E-state index in [4.69, 9.17) is 15.7 Å². The second-order valence-electron chi connectivity index (χ2n) is 5.70. The summed E-state index contributed by atoms with van der Waals surface area (Å²) in [5.74, 6) is 0.620. The van der Waals surface area contributed by atoms with E-state index in [0.29, 0.717) is 11.5 Å². The molecule has 4 aromatic rings. The molecule has 2 aromatic heterocycles. The molecule has 0 amide bonds. The van der Waals surface area contributed by atoms with Gasteiger partial charge in [-0.15, -0.1) is 0 Å². The lowest BCUT2D eigenvalue weighted by Crippen LogP contribution is -1.97. The molecule has 0 saturated heterocycles. The van der Waals surface area contributed by atoms with Crippen molar-refractivity contribution in [2.75, 3.05) is 5.73 Å². The van der Waals surface area contributed by atoms with Gasteiger partial charge in [0.25, 0.3) is 0 Å². The number of rotatable bonds is 2. The van der Waals surface area contributed by atoms with Crippen molar-refractivity contribution in [3.63, 3.8) is 0 Å². The molecule has 0 aliphatic rings. The number of nitrogens with zero attached hydrogens (tertiary/aromatic N) is 3. The molecule has 0 atom stereocenters. The zero-order chi connectivity index (χ0) is 16.5. The molecule has 0 fully saturated rings. The predicted octanol–water partition coefficient (Wildman–Crippen LogP) is 4.25. The lowest BCUT2D eigenvalue weighted by atomic mass is 10.1. The zero-order valence-corrected chi connectivity index (χ0v) is 13.3. The third-order valence-electron chi connectivity index (χ3n) is 3.88. The van der Waals surface area contributed by atoms with Crippen LogP contribution in [-0.2, 0) is 0 Å². The minimum atomic E-state index is 0.620. The number of anilines is 1. The number of benzene rings is 2. The van der Waals surface area contributed by atoms with Crippen molar-refractivity contribution in [1.82, 2.24) is 15.0 Å². The van der Waals surface area contributed by atoms with Crippen LogP contribution in [0, 0.1) is 6.92 Å². The van der Waals surface area contributed by atoms with Crippen LogP contribution in [0.25, 0.3) is 33.7 Å².